The molecule has 0 aliphatic carbocycles. The van der Waals surface area contributed by atoms with Crippen LogP contribution < -0.4 is 0 Å². The van der Waals surface area contributed by atoms with E-state index in [9.17, 15) is 0 Å². The number of fused-ring (bicyclic) bond motifs is 2. The molecular weight excluding hydrogens is 817 g/mol. The second kappa shape index (κ2) is 17.5. The van der Waals surface area contributed by atoms with Crippen LogP contribution in [0, 0.1) is 0 Å². The molecule has 64 heavy (non-hydrogen) atoms. The highest BCUT2D eigenvalue weighted by atomic mass is 32.1. The van der Waals surface area contributed by atoms with Gasteiger partial charge in [0.1, 0.15) is 22.4 Å². The summed E-state index contributed by atoms with van der Waals surface area (Å²) >= 11 is 2.45. The molecule has 0 radical (unpaired) electrons. The van der Waals surface area contributed by atoms with E-state index < -0.39 is 0 Å². The number of nitrogens with zero attached hydrogens (tertiary/aromatic N) is 4. The molecule has 0 atom stereocenters. The molecule has 0 fully saturated rings. The molecule has 6 heteroatoms. The average Bonchev–Trinajstić information content (AvgIpc) is 4.07. The Morgan fingerprint density at radius 3 is 0.750 bits per heavy atom. The zero-order valence-electron chi connectivity index (χ0n) is 34.5. The maximum Gasteiger partial charge on any atom is 0.115 e. The molecule has 9 aromatic carbocycles. The number of hydrogen-bond donors (Lipinski definition) is 0. The van der Waals surface area contributed by atoms with Crippen molar-refractivity contribution in [3.05, 3.63) is 275 Å². The largest absolute Gasteiger partial charge is 0.172 e. The lowest BCUT2D eigenvalue weighted by Crippen LogP contribution is -1.98. The summed E-state index contributed by atoms with van der Waals surface area (Å²) in [6, 6.07) is 81.7. The van der Waals surface area contributed by atoms with Crippen LogP contribution in [0.1, 0.15) is 44.5 Å². The fraction of sp³-hybridized carbons (Fsp3) is 0. The first-order valence-electron chi connectivity index (χ1n) is 21.2. The lowest BCUT2D eigenvalue weighted by molar-refractivity contribution is 1.48. The molecule has 0 amide bonds. The summed E-state index contributed by atoms with van der Waals surface area (Å²) in [5.74, 6) is 0. The van der Waals surface area contributed by atoms with Gasteiger partial charge in [-0.3, -0.25) is 0 Å². The normalized spacial score (nSPS) is 11.5. The zero-order valence-corrected chi connectivity index (χ0v) is 36.2. The minimum Gasteiger partial charge on any atom is -0.172 e. The van der Waals surface area contributed by atoms with E-state index in [1.807, 2.05) is 0 Å². The van der Waals surface area contributed by atoms with E-state index in [1.54, 1.807) is 0 Å². The second-order valence-corrected chi connectivity index (χ2v) is 16.6. The lowest BCUT2D eigenvalue weighted by Gasteiger charge is -2.19. The highest BCUT2D eigenvalue weighted by Gasteiger charge is 2.27. The molecular formula is C58H38N4S2. The van der Waals surface area contributed by atoms with E-state index in [4.69, 9.17) is 17.5 Å². The Kier molecular flexibility index (Phi) is 10.6. The van der Waals surface area contributed by atoms with Gasteiger partial charge < -0.3 is 0 Å². The Morgan fingerprint density at radius 2 is 0.500 bits per heavy atom. The summed E-state index contributed by atoms with van der Waals surface area (Å²) in [4.78, 5) is 0. The monoisotopic (exact) mass is 854 g/mol. The standard InChI is InChI=1S/C58H38N4S2/c1-7-19-39(20-8-1)49(40-21-9-2-10-22-40)51(43-27-15-5-16-28-43)45-31-35-47(36-32-45)53-55-57(61-63-59-55)54(58-56(53)60-64-62-58)48-37-33-46(34-38-48)52(44-29-17-6-18-30-44)50(41-23-11-3-12-24-41)42-25-13-4-14-26-42/h1-38H. The van der Waals surface area contributed by atoms with Crippen LogP contribution in [0.25, 0.3) is 55.6 Å². The molecule has 302 valence electrons. The topological polar surface area (TPSA) is 50.5 Å². The molecule has 0 N–H and O–H groups in total. The Bertz CT molecular complexity index is 3090. The quantitative estimate of drug-likeness (QED) is 0.129. The lowest BCUT2D eigenvalue weighted by atomic mass is 9.85. The van der Waals surface area contributed by atoms with Crippen molar-refractivity contribution < 1.29 is 0 Å². The van der Waals surface area contributed by atoms with Gasteiger partial charge in [0.25, 0.3) is 0 Å². The second-order valence-electron chi connectivity index (χ2n) is 15.5. The third-order valence-corrected chi connectivity index (χ3v) is 12.8. The molecule has 0 saturated heterocycles. The minimum atomic E-state index is 0.824. The van der Waals surface area contributed by atoms with Crippen LogP contribution in [0.5, 0.6) is 0 Å². The van der Waals surface area contributed by atoms with E-state index in [1.165, 1.54) is 34.2 Å². The molecule has 10 aromatic rings. The predicted molar refractivity (Wildman–Crippen MR) is 269 cm³/mol. The Morgan fingerprint density at radius 1 is 0.266 bits per heavy atom. The third-order valence-electron chi connectivity index (χ3n) is 11.7. The van der Waals surface area contributed by atoms with Crippen LogP contribution in [-0.4, -0.2) is 8.75 Å². The first-order valence-corrected chi connectivity index (χ1v) is 22.7. The van der Waals surface area contributed by atoms with Gasteiger partial charge in [0.2, 0.25) is 0 Å². The van der Waals surface area contributed by atoms with Gasteiger partial charge in [0, 0.05) is 11.1 Å². The van der Waals surface area contributed by atoms with Crippen LogP contribution >= 0.6 is 11.7 Å². The average molecular weight is 855 g/mol. The Hall–Kier alpha value is -7.90. The Balaban J connectivity index is 1.04. The van der Waals surface area contributed by atoms with Gasteiger partial charge in [-0.05, 0) is 77.9 Å². The smallest absolute Gasteiger partial charge is 0.115 e. The van der Waals surface area contributed by atoms with Crippen molar-refractivity contribution in [3.63, 3.8) is 0 Å². The van der Waals surface area contributed by atoms with Crippen LogP contribution in [0.2, 0.25) is 0 Å². The minimum absolute atomic E-state index is 0.824. The molecule has 0 saturated carbocycles. The molecule has 0 bridgehead atoms. The van der Waals surface area contributed by atoms with Crippen LogP contribution in [0.4, 0.5) is 11.4 Å². The summed E-state index contributed by atoms with van der Waals surface area (Å²) in [7, 11) is 0. The number of hydrogen-bond acceptors (Lipinski definition) is 5. The van der Waals surface area contributed by atoms with Gasteiger partial charge in [-0.15, -0.1) is 0 Å². The fourth-order valence-electron chi connectivity index (χ4n) is 8.86. The molecule has 1 aliphatic heterocycles. The molecule has 2 heterocycles. The molecule has 11 rings (SSSR count). The van der Waals surface area contributed by atoms with Gasteiger partial charge in [-0.1, -0.05) is 231 Å². The van der Waals surface area contributed by atoms with E-state index in [0.717, 1.165) is 100 Å². The van der Waals surface area contributed by atoms with Gasteiger partial charge in [-0.25, -0.2) is 0 Å². The van der Waals surface area contributed by atoms with Crippen molar-refractivity contribution in [2.75, 3.05) is 0 Å². The fourth-order valence-corrected chi connectivity index (χ4v) is 9.98. The maximum atomic E-state index is 4.95. The van der Waals surface area contributed by atoms with Gasteiger partial charge in [0.05, 0.1) is 23.1 Å². The summed E-state index contributed by atoms with van der Waals surface area (Å²) < 4.78 is 19.8. The van der Waals surface area contributed by atoms with Crippen LogP contribution in [-0.2, 0) is 11.4 Å². The molecule has 1 aromatic heterocycles. The van der Waals surface area contributed by atoms with E-state index in [-0.39, 0.29) is 0 Å². The van der Waals surface area contributed by atoms with Crippen LogP contribution in [0.15, 0.2) is 239 Å². The van der Waals surface area contributed by atoms with Gasteiger partial charge in [-0.2, -0.15) is 17.5 Å². The summed E-state index contributed by atoms with van der Waals surface area (Å²) in [5, 5.41) is 0. The SMILES string of the molecule is c1ccc(C(=C(c2ccccc2)c2ccc(-c3c4c(c(-c5ccc(C(=C(c6ccccc6)c6ccccc6)c6ccccc6)cc5)c5nsnc35)N=S=N4)cc2)c2ccccc2)cc1. The Labute approximate surface area is 380 Å². The predicted octanol–water partition coefficient (Wildman–Crippen LogP) is 15.8. The van der Waals surface area contributed by atoms with E-state index in [2.05, 4.69) is 231 Å². The number of rotatable bonds is 10. The van der Waals surface area contributed by atoms with Crippen molar-refractivity contribution in [3.8, 4) is 22.3 Å². The highest BCUT2D eigenvalue weighted by Crippen LogP contribution is 2.52. The highest BCUT2D eigenvalue weighted by molar-refractivity contribution is 7.58. The van der Waals surface area contributed by atoms with Crippen molar-refractivity contribution >= 4 is 67.8 Å². The number of benzene rings is 9. The molecule has 1 aliphatic rings. The van der Waals surface area contributed by atoms with Crippen molar-refractivity contribution in [1.82, 2.24) is 8.75 Å². The summed E-state index contributed by atoms with van der Waals surface area (Å²) in [6.07, 6.45) is 0. The molecule has 4 nitrogen and oxygen atoms in total. The molecule has 0 spiro atoms. The third kappa shape index (κ3) is 7.35. The van der Waals surface area contributed by atoms with Crippen molar-refractivity contribution in [1.29, 1.82) is 0 Å². The summed E-state index contributed by atoms with van der Waals surface area (Å²) in [6.45, 7) is 0. The van der Waals surface area contributed by atoms with Crippen molar-refractivity contribution in [2.24, 2.45) is 8.73 Å². The maximum absolute atomic E-state index is 4.95. The van der Waals surface area contributed by atoms with Gasteiger partial charge in [0.15, 0.2) is 0 Å². The summed E-state index contributed by atoms with van der Waals surface area (Å²) in [5.41, 5.74) is 21.0. The van der Waals surface area contributed by atoms with E-state index >= 15 is 0 Å². The molecule has 0 unspecified atom stereocenters. The number of aromatic nitrogens is 2. The van der Waals surface area contributed by atoms with Crippen LogP contribution in [0.3, 0.4) is 0 Å². The van der Waals surface area contributed by atoms with E-state index in [0.29, 0.717) is 0 Å². The first kappa shape index (κ1) is 39.0. The van der Waals surface area contributed by atoms with Crippen molar-refractivity contribution in [2.45, 2.75) is 0 Å². The first-order chi connectivity index (χ1) is 31.8. The van der Waals surface area contributed by atoms with Gasteiger partial charge >= 0.3 is 0 Å². The zero-order chi connectivity index (χ0) is 42.7.